The molecule has 17 aromatic rings. The number of nitrogens with zero attached hydrogens (tertiary/aromatic N) is 2. The lowest BCUT2D eigenvalue weighted by Crippen LogP contribution is -2.61. The Bertz CT molecular complexity index is 5780. The third-order valence-corrected chi connectivity index (χ3v) is 23.1. The summed E-state index contributed by atoms with van der Waals surface area (Å²) in [5.41, 5.74) is 40.1. The number of hydrogen-bond acceptors (Lipinski definition) is 2. The Balaban J connectivity index is 1.01. The van der Waals surface area contributed by atoms with E-state index in [2.05, 4.69) is 458 Å². The second kappa shape index (κ2) is 29.0. The minimum absolute atomic E-state index is 0.131. The van der Waals surface area contributed by atoms with Gasteiger partial charge in [-0.25, -0.2) is 0 Å². The zero-order valence-corrected chi connectivity index (χ0v) is 64.7. The Morgan fingerprint density at radius 2 is 0.416 bits per heavy atom. The lowest BCUT2D eigenvalue weighted by atomic mass is 9.33. The van der Waals surface area contributed by atoms with Crippen LogP contribution in [0.5, 0.6) is 0 Å². The van der Waals surface area contributed by atoms with Crippen LogP contribution >= 0.6 is 0 Å². The summed E-state index contributed by atoms with van der Waals surface area (Å²) in [5, 5.41) is 0. The molecule has 0 saturated carbocycles. The fourth-order valence-corrected chi connectivity index (χ4v) is 18.0. The van der Waals surface area contributed by atoms with Crippen LogP contribution in [-0.4, -0.2) is 6.71 Å². The second-order valence-corrected chi connectivity index (χ2v) is 32.2. The van der Waals surface area contributed by atoms with E-state index in [0.29, 0.717) is 0 Å². The minimum Gasteiger partial charge on any atom is -0.310 e. The van der Waals surface area contributed by atoms with E-state index in [1.54, 1.807) is 0 Å². The molecule has 2 aliphatic heterocycles. The van der Waals surface area contributed by atoms with Gasteiger partial charge in [0.2, 0.25) is 0 Å². The van der Waals surface area contributed by atoms with Crippen molar-refractivity contribution in [2.45, 2.75) is 52.4 Å². The number of fused-ring (bicyclic) bond motifs is 4. The molecule has 0 aromatic heterocycles. The quantitative estimate of drug-likeness (QED) is 0.100. The van der Waals surface area contributed by atoms with Crippen LogP contribution in [0.25, 0.3) is 134 Å². The van der Waals surface area contributed by atoms with Gasteiger partial charge in [-0.1, -0.05) is 399 Å². The Kier molecular flexibility index (Phi) is 17.9. The van der Waals surface area contributed by atoms with E-state index in [1.165, 1.54) is 49.8 Å². The molecule has 0 fully saturated rings. The van der Waals surface area contributed by atoms with Crippen LogP contribution in [0.4, 0.5) is 34.1 Å². The molecule has 0 saturated heterocycles. The van der Waals surface area contributed by atoms with Gasteiger partial charge in [-0.3, -0.25) is 0 Å². The standard InChI is InChI=1S/C110H85BN2/c1-109(2,3)94-64-60-84(68-88(94)74-38-17-7-18-39-74)86-62-66-98-96(70-86)111-97-71-87(85-61-65-95(110(4,5)6)89(69-85)75-40-19-8-20-41-75)63-67-99(97)113(108-104(82-54-33-15-34-55-82)92(78-46-25-11-26-47-78)73-93(79-48-27-12-28-49-79)105(108)83-56-35-16-36-57-83)101-59-37-58-100(106(101)111)112(98)107-102(80-50-29-13-30-51-80)90(76-42-21-9-22-43-76)72-91(77-44-23-10-24-45-77)103(107)81-52-31-14-32-53-81/h7-73H,1-6H3. The lowest BCUT2D eigenvalue weighted by molar-refractivity contribution is 0.592. The van der Waals surface area contributed by atoms with Gasteiger partial charge < -0.3 is 9.80 Å². The van der Waals surface area contributed by atoms with Gasteiger partial charge in [0.1, 0.15) is 0 Å². The first-order valence-corrected chi connectivity index (χ1v) is 39.7. The smallest absolute Gasteiger partial charge is 0.252 e. The monoisotopic (exact) mass is 1440 g/mol. The van der Waals surface area contributed by atoms with E-state index in [4.69, 9.17) is 0 Å². The Morgan fingerprint density at radius 3 is 0.673 bits per heavy atom. The minimum atomic E-state index is -0.332. The van der Waals surface area contributed by atoms with Crippen LogP contribution in [0.3, 0.4) is 0 Å². The number of anilines is 6. The van der Waals surface area contributed by atoms with Crippen molar-refractivity contribution in [2.24, 2.45) is 0 Å². The van der Waals surface area contributed by atoms with E-state index >= 15 is 0 Å². The summed E-state index contributed by atoms with van der Waals surface area (Å²) in [6.07, 6.45) is 0. The van der Waals surface area contributed by atoms with Crippen molar-refractivity contribution in [3.05, 3.63) is 418 Å². The fraction of sp³-hybridized carbons (Fsp3) is 0.0727. The zero-order valence-electron chi connectivity index (χ0n) is 64.7. The van der Waals surface area contributed by atoms with E-state index in [9.17, 15) is 0 Å². The van der Waals surface area contributed by atoms with Crippen LogP contribution < -0.4 is 26.2 Å². The van der Waals surface area contributed by atoms with Gasteiger partial charge in [0.05, 0.1) is 11.4 Å². The van der Waals surface area contributed by atoms with Crippen LogP contribution in [-0.2, 0) is 10.8 Å². The highest BCUT2D eigenvalue weighted by Gasteiger charge is 2.46. The number of benzene rings is 17. The Hall–Kier alpha value is -13.6. The molecule has 0 bridgehead atoms. The van der Waals surface area contributed by atoms with Crippen molar-refractivity contribution < 1.29 is 0 Å². The van der Waals surface area contributed by atoms with Gasteiger partial charge in [0.25, 0.3) is 6.71 Å². The van der Waals surface area contributed by atoms with Crippen molar-refractivity contribution >= 4 is 57.2 Å². The number of rotatable bonds is 14. The zero-order chi connectivity index (χ0) is 76.3. The number of hydrogen-bond donors (Lipinski definition) is 0. The van der Waals surface area contributed by atoms with Crippen LogP contribution in [0, 0.1) is 0 Å². The molecule has 0 radical (unpaired) electrons. The van der Waals surface area contributed by atoms with Crippen molar-refractivity contribution in [3.8, 4) is 134 Å². The summed E-state index contributed by atoms with van der Waals surface area (Å²) in [5.74, 6) is 0. The van der Waals surface area contributed by atoms with Crippen molar-refractivity contribution in [2.75, 3.05) is 9.80 Å². The molecule has 2 nitrogen and oxygen atoms in total. The van der Waals surface area contributed by atoms with Crippen molar-refractivity contribution in [3.63, 3.8) is 0 Å². The van der Waals surface area contributed by atoms with Crippen LogP contribution in [0.15, 0.2) is 406 Å². The van der Waals surface area contributed by atoms with Gasteiger partial charge in [-0.15, -0.1) is 0 Å². The first-order valence-electron chi connectivity index (χ1n) is 39.7. The lowest BCUT2D eigenvalue weighted by Gasteiger charge is -2.46. The molecular formula is C110H85BN2. The average Bonchev–Trinajstić information content (AvgIpc) is 0.683. The molecule has 0 atom stereocenters. The van der Waals surface area contributed by atoms with Gasteiger partial charge in [-0.05, 0) is 198 Å². The molecule has 0 unspecified atom stereocenters. The molecule has 0 amide bonds. The maximum Gasteiger partial charge on any atom is 0.252 e. The van der Waals surface area contributed by atoms with Gasteiger partial charge >= 0.3 is 0 Å². The molecule has 0 N–H and O–H groups in total. The highest BCUT2D eigenvalue weighted by Crippen LogP contribution is 2.59. The third-order valence-electron chi connectivity index (χ3n) is 23.1. The highest BCUT2D eigenvalue weighted by atomic mass is 15.2. The average molecular weight is 1450 g/mol. The van der Waals surface area contributed by atoms with E-state index in [0.717, 1.165) is 145 Å². The van der Waals surface area contributed by atoms with E-state index < -0.39 is 0 Å². The maximum absolute atomic E-state index is 2.71. The molecule has 17 aromatic carbocycles. The molecule has 538 valence electrons. The molecule has 3 heteroatoms. The fourth-order valence-electron chi connectivity index (χ4n) is 18.0. The normalized spacial score (nSPS) is 12.3. The van der Waals surface area contributed by atoms with Gasteiger partial charge in [-0.2, -0.15) is 0 Å². The Morgan fingerprint density at radius 1 is 0.186 bits per heavy atom. The second-order valence-electron chi connectivity index (χ2n) is 32.2. The highest BCUT2D eigenvalue weighted by molar-refractivity contribution is 7.00. The topological polar surface area (TPSA) is 6.48 Å². The van der Waals surface area contributed by atoms with E-state index in [1.807, 2.05) is 0 Å². The first kappa shape index (κ1) is 69.8. The molecule has 19 rings (SSSR count). The predicted molar refractivity (Wildman–Crippen MR) is 483 cm³/mol. The van der Waals surface area contributed by atoms with E-state index in [-0.39, 0.29) is 17.5 Å². The summed E-state index contributed by atoms with van der Waals surface area (Å²) in [7, 11) is 0. The molecule has 113 heavy (non-hydrogen) atoms. The first-order chi connectivity index (χ1) is 55.4. The molecule has 2 aliphatic rings. The summed E-state index contributed by atoms with van der Waals surface area (Å²) in [6, 6.07) is 153. The van der Waals surface area contributed by atoms with Crippen LogP contribution in [0.2, 0.25) is 0 Å². The third kappa shape index (κ3) is 12.7. The molecular weight excluding hydrogens is 1360 g/mol. The Labute approximate surface area is 666 Å². The SMILES string of the molecule is CC(C)(C)c1ccc(-c2ccc3c(c2)B2c4cc(-c5ccc(C(C)(C)C)c(-c6ccccc6)c5)ccc4N(c4c(-c5ccccc5)c(-c5ccccc5)cc(-c5ccccc5)c4-c4ccccc4)c4cccc(c42)N3c2c(-c3ccccc3)c(-c3ccccc3)cc(-c3ccccc3)c2-c2ccccc2)cc1-c1ccccc1. The molecule has 2 heterocycles. The van der Waals surface area contributed by atoms with Gasteiger partial charge in [0, 0.05) is 45.0 Å². The summed E-state index contributed by atoms with van der Waals surface area (Å²) >= 11 is 0. The molecule has 0 aliphatic carbocycles. The van der Waals surface area contributed by atoms with Crippen molar-refractivity contribution in [1.82, 2.24) is 0 Å². The summed E-state index contributed by atoms with van der Waals surface area (Å²) in [6.45, 7) is 13.7. The predicted octanol–water partition coefficient (Wildman–Crippen LogP) is 28.4. The molecule has 0 spiro atoms. The van der Waals surface area contributed by atoms with Gasteiger partial charge in [0.15, 0.2) is 0 Å². The summed E-state index contributed by atoms with van der Waals surface area (Å²) in [4.78, 5) is 5.43. The maximum atomic E-state index is 2.71. The van der Waals surface area contributed by atoms with Crippen molar-refractivity contribution in [1.29, 1.82) is 0 Å². The largest absolute Gasteiger partial charge is 0.310 e. The van der Waals surface area contributed by atoms with Crippen LogP contribution in [0.1, 0.15) is 52.7 Å². The summed E-state index contributed by atoms with van der Waals surface area (Å²) < 4.78 is 0.